The minimum absolute atomic E-state index is 0.00827. The number of methoxy groups -OCH3 is 1. The van der Waals surface area contributed by atoms with Gasteiger partial charge in [0.25, 0.3) is 0 Å². The molecule has 0 fully saturated rings. The van der Waals surface area contributed by atoms with Crippen LogP contribution in [0.4, 0.5) is 35.1 Å². The van der Waals surface area contributed by atoms with Gasteiger partial charge in [-0.1, -0.05) is 0 Å². The quantitative estimate of drug-likeness (QED) is 0.286. The summed E-state index contributed by atoms with van der Waals surface area (Å²) in [6.07, 6.45) is -6.35. The molecular weight excluding hydrogens is 486 g/mol. The van der Waals surface area contributed by atoms with Crippen LogP contribution in [0.25, 0.3) is 28.1 Å². The Morgan fingerprint density at radius 3 is 1.97 bits per heavy atom. The van der Waals surface area contributed by atoms with Gasteiger partial charge in [-0.25, -0.2) is 13.5 Å². The molecule has 4 aromatic rings. The molecule has 0 saturated heterocycles. The molecule has 0 atom stereocenters. The van der Waals surface area contributed by atoms with Gasteiger partial charge in [0.2, 0.25) is 0 Å². The van der Waals surface area contributed by atoms with Crippen LogP contribution in [0, 0.1) is 11.6 Å². The molecule has 0 aliphatic heterocycles. The number of aromatic nitrogens is 3. The number of pyridine rings is 1. The molecule has 0 spiro atoms. The van der Waals surface area contributed by atoms with Crippen molar-refractivity contribution in [3.63, 3.8) is 0 Å². The van der Waals surface area contributed by atoms with Crippen LogP contribution >= 0.6 is 0 Å². The summed E-state index contributed by atoms with van der Waals surface area (Å²) in [4.78, 5) is 3.96. The molecule has 0 bridgehead atoms. The SMILES string of the molecule is COc1cc(F)c(F)cc1-c1ccncc1-c1ccnn1-c1cc(C(F)(F)F)cc(C(F)(F)F)c1. The predicted molar refractivity (Wildman–Crippen MR) is 109 cm³/mol. The summed E-state index contributed by atoms with van der Waals surface area (Å²) in [5.74, 6) is -2.42. The molecule has 0 aliphatic rings. The first-order chi connectivity index (χ1) is 16.4. The zero-order valence-electron chi connectivity index (χ0n) is 17.5. The van der Waals surface area contributed by atoms with Gasteiger partial charge < -0.3 is 4.74 Å². The Morgan fingerprint density at radius 1 is 0.743 bits per heavy atom. The van der Waals surface area contributed by atoms with Gasteiger partial charge in [0.1, 0.15) is 5.75 Å². The van der Waals surface area contributed by atoms with Gasteiger partial charge >= 0.3 is 12.4 Å². The fourth-order valence-electron chi connectivity index (χ4n) is 3.52. The van der Waals surface area contributed by atoms with Crippen LogP contribution in [0.3, 0.4) is 0 Å². The van der Waals surface area contributed by atoms with Gasteiger partial charge in [-0.3, -0.25) is 4.98 Å². The fraction of sp³-hybridized carbons (Fsp3) is 0.130. The Balaban J connectivity index is 1.95. The fourth-order valence-corrected chi connectivity index (χ4v) is 3.52. The standard InChI is InChI=1S/C23H13F8N3O/c1-35-21-10-19(25)18(24)9-16(21)15-2-4-32-11-17(15)20-3-5-33-34(20)14-7-12(22(26,27)28)6-13(8-14)23(29,30)31/h2-11H,1H3. The lowest BCUT2D eigenvalue weighted by Crippen LogP contribution is -2.13. The molecule has 0 saturated carbocycles. The van der Waals surface area contributed by atoms with Crippen molar-refractivity contribution in [3.05, 3.63) is 83.8 Å². The normalized spacial score (nSPS) is 12.1. The van der Waals surface area contributed by atoms with Crippen molar-refractivity contribution in [2.45, 2.75) is 12.4 Å². The van der Waals surface area contributed by atoms with Gasteiger partial charge in [0, 0.05) is 29.6 Å². The van der Waals surface area contributed by atoms with Crippen LogP contribution in [0.2, 0.25) is 0 Å². The van der Waals surface area contributed by atoms with Crippen LogP contribution in [0.15, 0.2) is 61.1 Å². The molecular formula is C23H13F8N3O. The highest BCUT2D eigenvalue weighted by Gasteiger charge is 2.37. The molecule has 2 heterocycles. The number of alkyl halides is 6. The van der Waals surface area contributed by atoms with E-state index in [1.54, 1.807) is 0 Å². The van der Waals surface area contributed by atoms with Crippen molar-refractivity contribution >= 4 is 0 Å². The smallest absolute Gasteiger partial charge is 0.416 e. The van der Waals surface area contributed by atoms with Crippen molar-refractivity contribution in [2.75, 3.05) is 7.11 Å². The van der Waals surface area contributed by atoms with E-state index in [4.69, 9.17) is 4.74 Å². The number of rotatable bonds is 4. The third kappa shape index (κ3) is 4.68. The molecule has 4 rings (SSSR count). The summed E-state index contributed by atoms with van der Waals surface area (Å²) in [5, 5.41) is 3.91. The second-order valence-corrected chi connectivity index (χ2v) is 7.28. The van der Waals surface area contributed by atoms with Crippen LogP contribution < -0.4 is 4.74 Å². The highest BCUT2D eigenvalue weighted by Crippen LogP contribution is 2.40. The topological polar surface area (TPSA) is 39.9 Å². The minimum atomic E-state index is -5.05. The van der Waals surface area contributed by atoms with E-state index in [1.807, 2.05) is 0 Å². The summed E-state index contributed by atoms with van der Waals surface area (Å²) >= 11 is 0. The molecule has 2 aromatic carbocycles. The number of ether oxygens (including phenoxy) is 1. The first kappa shape index (κ1) is 24.2. The van der Waals surface area contributed by atoms with E-state index in [0.29, 0.717) is 12.1 Å². The second-order valence-electron chi connectivity index (χ2n) is 7.28. The molecule has 0 amide bonds. The number of hydrogen-bond acceptors (Lipinski definition) is 3. The summed E-state index contributed by atoms with van der Waals surface area (Å²) in [5.41, 5.74) is -3.03. The molecule has 0 aliphatic carbocycles. The van der Waals surface area contributed by atoms with Gasteiger partial charge in [-0.2, -0.15) is 31.4 Å². The maximum Gasteiger partial charge on any atom is 0.416 e. The Kier molecular flexibility index (Phi) is 5.99. The van der Waals surface area contributed by atoms with E-state index in [0.717, 1.165) is 16.8 Å². The van der Waals surface area contributed by atoms with Crippen molar-refractivity contribution in [1.82, 2.24) is 14.8 Å². The lowest BCUT2D eigenvalue weighted by atomic mass is 9.98. The second kappa shape index (κ2) is 8.67. The van der Waals surface area contributed by atoms with E-state index >= 15 is 0 Å². The Hall–Kier alpha value is -3.96. The van der Waals surface area contributed by atoms with E-state index < -0.39 is 40.8 Å². The summed E-state index contributed by atoms with van der Waals surface area (Å²) in [6, 6.07) is 5.48. The van der Waals surface area contributed by atoms with E-state index in [2.05, 4.69) is 10.1 Å². The molecule has 182 valence electrons. The average molecular weight is 499 g/mol. The third-order valence-electron chi connectivity index (χ3n) is 5.09. The molecule has 2 aromatic heterocycles. The third-order valence-corrected chi connectivity index (χ3v) is 5.09. The average Bonchev–Trinajstić information content (AvgIpc) is 3.29. The Morgan fingerprint density at radius 2 is 1.37 bits per heavy atom. The zero-order chi connectivity index (χ0) is 25.5. The van der Waals surface area contributed by atoms with Gasteiger partial charge in [0.15, 0.2) is 11.6 Å². The van der Waals surface area contributed by atoms with E-state index in [1.165, 1.54) is 37.8 Å². The van der Waals surface area contributed by atoms with Crippen molar-refractivity contribution in [2.24, 2.45) is 0 Å². The molecule has 35 heavy (non-hydrogen) atoms. The van der Waals surface area contributed by atoms with Gasteiger partial charge in [-0.15, -0.1) is 0 Å². The Bertz CT molecular complexity index is 1360. The predicted octanol–water partition coefficient (Wildman–Crippen LogP) is 6.93. The molecule has 12 heteroatoms. The van der Waals surface area contributed by atoms with Crippen LogP contribution in [-0.2, 0) is 12.4 Å². The molecule has 0 N–H and O–H groups in total. The minimum Gasteiger partial charge on any atom is -0.496 e. The van der Waals surface area contributed by atoms with Gasteiger partial charge in [-0.05, 0) is 42.0 Å². The summed E-state index contributed by atoms with van der Waals surface area (Å²) < 4.78 is 114. The number of nitrogens with zero attached hydrogens (tertiary/aromatic N) is 3. The largest absolute Gasteiger partial charge is 0.496 e. The summed E-state index contributed by atoms with van der Waals surface area (Å²) in [6.45, 7) is 0. The highest BCUT2D eigenvalue weighted by atomic mass is 19.4. The lowest BCUT2D eigenvalue weighted by Gasteiger charge is -2.17. The maximum atomic E-state index is 14.0. The lowest BCUT2D eigenvalue weighted by molar-refractivity contribution is -0.143. The van der Waals surface area contributed by atoms with Crippen molar-refractivity contribution in [3.8, 4) is 33.8 Å². The first-order valence-electron chi connectivity index (χ1n) is 9.72. The van der Waals surface area contributed by atoms with Crippen molar-refractivity contribution in [1.29, 1.82) is 0 Å². The Labute approximate surface area is 192 Å². The number of benzene rings is 2. The van der Waals surface area contributed by atoms with Crippen LogP contribution in [0.5, 0.6) is 5.75 Å². The highest BCUT2D eigenvalue weighted by molar-refractivity contribution is 5.85. The van der Waals surface area contributed by atoms with E-state index in [-0.39, 0.29) is 34.2 Å². The number of hydrogen-bond donors (Lipinski definition) is 0. The molecule has 0 radical (unpaired) electrons. The molecule has 0 unspecified atom stereocenters. The zero-order valence-corrected chi connectivity index (χ0v) is 17.5. The molecule has 4 nitrogen and oxygen atoms in total. The first-order valence-corrected chi connectivity index (χ1v) is 9.72. The van der Waals surface area contributed by atoms with Crippen LogP contribution in [0.1, 0.15) is 11.1 Å². The summed E-state index contributed by atoms with van der Waals surface area (Å²) in [7, 11) is 1.22. The van der Waals surface area contributed by atoms with Gasteiger partial charge in [0.05, 0.1) is 35.8 Å². The monoisotopic (exact) mass is 499 g/mol. The maximum absolute atomic E-state index is 14.0. The number of halogens is 8. The van der Waals surface area contributed by atoms with Crippen molar-refractivity contribution < 1.29 is 39.9 Å². The van der Waals surface area contributed by atoms with E-state index in [9.17, 15) is 35.1 Å². The van der Waals surface area contributed by atoms with Crippen LogP contribution in [-0.4, -0.2) is 21.9 Å².